The first-order valence-electron chi connectivity index (χ1n) is 2.90. The van der Waals surface area contributed by atoms with E-state index in [2.05, 4.69) is 0 Å². The van der Waals surface area contributed by atoms with Crippen LogP contribution in [0.25, 0.3) is 0 Å². The Bertz CT molecular complexity index is 191. The number of methoxy groups -OCH3 is 1. The molecular formula is C7H8O3. The topological polar surface area (TPSA) is 39.4 Å². The largest absolute Gasteiger partial charge is 0.466 e. The first kappa shape index (κ1) is 7.02. The van der Waals surface area contributed by atoms with Gasteiger partial charge in [-0.25, -0.2) is 0 Å². The molecular weight excluding hydrogens is 132 g/mol. The van der Waals surface area contributed by atoms with Crippen molar-refractivity contribution in [2.24, 2.45) is 0 Å². The number of furan rings is 1. The van der Waals surface area contributed by atoms with Crippen LogP contribution in [0.2, 0.25) is 0 Å². The highest BCUT2D eigenvalue weighted by Gasteiger charge is 2.10. The van der Waals surface area contributed by atoms with Crippen molar-refractivity contribution in [3.63, 3.8) is 0 Å². The van der Waals surface area contributed by atoms with Crippen LogP contribution in [0, 0.1) is 0 Å². The van der Waals surface area contributed by atoms with Gasteiger partial charge in [0.25, 0.3) is 0 Å². The summed E-state index contributed by atoms with van der Waals surface area (Å²) in [5, 5.41) is 0. The summed E-state index contributed by atoms with van der Waals surface area (Å²) in [5.41, 5.74) is 0. The average Bonchev–Trinajstić information content (AvgIpc) is 2.43. The van der Waals surface area contributed by atoms with E-state index >= 15 is 0 Å². The van der Waals surface area contributed by atoms with Gasteiger partial charge >= 0.3 is 0 Å². The van der Waals surface area contributed by atoms with Crippen LogP contribution in [-0.2, 0) is 9.53 Å². The Labute approximate surface area is 58.6 Å². The Hall–Kier alpha value is -1.09. The molecule has 54 valence electrons. The second kappa shape index (κ2) is 3.17. The fourth-order valence-corrected chi connectivity index (χ4v) is 0.692. The van der Waals surface area contributed by atoms with E-state index in [1.807, 2.05) is 0 Å². The predicted octanol–water partition coefficient (Wildman–Crippen LogP) is 1.17. The number of aldehydes is 1. The molecule has 1 atom stereocenters. The van der Waals surface area contributed by atoms with Gasteiger partial charge in [-0.1, -0.05) is 0 Å². The van der Waals surface area contributed by atoms with E-state index in [1.54, 1.807) is 12.1 Å². The summed E-state index contributed by atoms with van der Waals surface area (Å²) in [6.07, 6.45) is 1.64. The molecule has 0 N–H and O–H groups in total. The Morgan fingerprint density at radius 3 is 3.00 bits per heavy atom. The third kappa shape index (κ3) is 1.25. The zero-order chi connectivity index (χ0) is 7.40. The van der Waals surface area contributed by atoms with Crippen LogP contribution in [0.3, 0.4) is 0 Å². The molecule has 0 saturated heterocycles. The molecule has 0 aromatic carbocycles. The van der Waals surface area contributed by atoms with Gasteiger partial charge in [0.2, 0.25) is 0 Å². The Morgan fingerprint density at radius 1 is 1.80 bits per heavy atom. The minimum atomic E-state index is -0.560. The summed E-state index contributed by atoms with van der Waals surface area (Å²) in [7, 11) is 1.46. The molecule has 0 amide bonds. The van der Waals surface area contributed by atoms with Crippen molar-refractivity contribution in [2.45, 2.75) is 6.10 Å². The summed E-state index contributed by atoms with van der Waals surface area (Å²) >= 11 is 0. The molecule has 0 aliphatic carbocycles. The lowest BCUT2D eigenvalue weighted by Gasteiger charge is -2.01. The second-order valence-electron chi connectivity index (χ2n) is 1.81. The minimum absolute atomic E-state index is 0.539. The number of rotatable bonds is 3. The number of carbonyl (C=O) groups is 1. The van der Waals surface area contributed by atoms with Gasteiger partial charge in [-0.3, -0.25) is 4.79 Å². The summed E-state index contributed by atoms with van der Waals surface area (Å²) in [4.78, 5) is 10.2. The van der Waals surface area contributed by atoms with Crippen LogP contribution in [0.4, 0.5) is 0 Å². The zero-order valence-corrected chi connectivity index (χ0v) is 5.61. The lowest BCUT2D eigenvalue weighted by molar-refractivity contribution is -0.117. The standard InChI is InChI=1S/C7H8O3/c1-9-7(5-8)6-3-2-4-10-6/h2-5,7H,1H3/t7-/m0/s1. The molecule has 1 heterocycles. The molecule has 0 spiro atoms. The van der Waals surface area contributed by atoms with Gasteiger partial charge in [-0.15, -0.1) is 0 Å². The number of ether oxygens (including phenoxy) is 1. The van der Waals surface area contributed by atoms with Crippen molar-refractivity contribution in [3.8, 4) is 0 Å². The first-order chi connectivity index (χ1) is 4.88. The van der Waals surface area contributed by atoms with Crippen molar-refractivity contribution in [3.05, 3.63) is 24.2 Å². The summed E-state index contributed by atoms with van der Waals surface area (Å²) < 4.78 is 9.70. The van der Waals surface area contributed by atoms with E-state index in [1.165, 1.54) is 13.4 Å². The Morgan fingerprint density at radius 2 is 2.60 bits per heavy atom. The SMILES string of the molecule is CO[C@@H](C=O)c1ccco1. The van der Waals surface area contributed by atoms with Gasteiger partial charge in [0, 0.05) is 7.11 Å². The van der Waals surface area contributed by atoms with Crippen LogP contribution in [0.5, 0.6) is 0 Å². The number of carbonyl (C=O) groups excluding carboxylic acids is 1. The van der Waals surface area contributed by atoms with Gasteiger partial charge in [-0.05, 0) is 12.1 Å². The molecule has 0 radical (unpaired) electrons. The van der Waals surface area contributed by atoms with Gasteiger partial charge in [0.1, 0.15) is 5.76 Å². The lowest BCUT2D eigenvalue weighted by Crippen LogP contribution is -2.00. The van der Waals surface area contributed by atoms with Gasteiger partial charge in [0.05, 0.1) is 6.26 Å². The van der Waals surface area contributed by atoms with Crippen LogP contribution < -0.4 is 0 Å². The monoisotopic (exact) mass is 140 g/mol. The van der Waals surface area contributed by atoms with Crippen molar-refractivity contribution in [2.75, 3.05) is 7.11 Å². The van der Waals surface area contributed by atoms with E-state index in [0.717, 1.165) is 0 Å². The van der Waals surface area contributed by atoms with E-state index in [9.17, 15) is 4.79 Å². The average molecular weight is 140 g/mol. The van der Waals surface area contributed by atoms with Crippen molar-refractivity contribution >= 4 is 6.29 Å². The van der Waals surface area contributed by atoms with Crippen molar-refractivity contribution < 1.29 is 13.9 Å². The smallest absolute Gasteiger partial charge is 0.170 e. The quantitative estimate of drug-likeness (QED) is 0.591. The molecule has 3 heteroatoms. The molecule has 10 heavy (non-hydrogen) atoms. The molecule has 0 unspecified atom stereocenters. The molecule has 1 aromatic rings. The van der Waals surface area contributed by atoms with Crippen LogP contribution >= 0.6 is 0 Å². The highest BCUT2D eigenvalue weighted by atomic mass is 16.5. The highest BCUT2D eigenvalue weighted by molar-refractivity contribution is 5.58. The summed E-state index contributed by atoms with van der Waals surface area (Å²) in [5.74, 6) is 0.539. The maximum atomic E-state index is 10.2. The van der Waals surface area contributed by atoms with Crippen LogP contribution in [0.15, 0.2) is 22.8 Å². The fraction of sp³-hybridized carbons (Fsp3) is 0.286. The first-order valence-corrected chi connectivity index (χ1v) is 2.90. The molecule has 0 aliphatic heterocycles. The van der Waals surface area contributed by atoms with Gasteiger partial charge < -0.3 is 9.15 Å². The third-order valence-electron chi connectivity index (χ3n) is 1.20. The van der Waals surface area contributed by atoms with Crippen LogP contribution in [0.1, 0.15) is 11.9 Å². The van der Waals surface area contributed by atoms with Crippen molar-refractivity contribution in [1.82, 2.24) is 0 Å². The highest BCUT2D eigenvalue weighted by Crippen LogP contribution is 2.13. The second-order valence-corrected chi connectivity index (χ2v) is 1.81. The van der Waals surface area contributed by atoms with Crippen molar-refractivity contribution in [1.29, 1.82) is 0 Å². The minimum Gasteiger partial charge on any atom is -0.466 e. The molecule has 0 fully saturated rings. The summed E-state index contributed by atoms with van der Waals surface area (Å²) in [6, 6.07) is 3.41. The normalized spacial score (nSPS) is 12.9. The van der Waals surface area contributed by atoms with Crippen LogP contribution in [-0.4, -0.2) is 13.4 Å². The van der Waals surface area contributed by atoms with E-state index < -0.39 is 6.10 Å². The number of hydrogen-bond acceptors (Lipinski definition) is 3. The van der Waals surface area contributed by atoms with Gasteiger partial charge in [0.15, 0.2) is 12.4 Å². The van der Waals surface area contributed by atoms with Gasteiger partial charge in [-0.2, -0.15) is 0 Å². The Kier molecular flexibility index (Phi) is 2.23. The van der Waals surface area contributed by atoms with E-state index in [0.29, 0.717) is 12.0 Å². The molecule has 1 aromatic heterocycles. The zero-order valence-electron chi connectivity index (χ0n) is 5.61. The predicted molar refractivity (Wildman–Crippen MR) is 34.5 cm³/mol. The lowest BCUT2D eigenvalue weighted by atomic mass is 10.3. The maximum absolute atomic E-state index is 10.2. The summed E-state index contributed by atoms with van der Waals surface area (Å²) in [6.45, 7) is 0. The third-order valence-corrected chi connectivity index (χ3v) is 1.20. The van der Waals surface area contributed by atoms with E-state index in [-0.39, 0.29) is 0 Å². The molecule has 0 aliphatic rings. The molecule has 0 saturated carbocycles. The maximum Gasteiger partial charge on any atom is 0.170 e. The van der Waals surface area contributed by atoms with E-state index in [4.69, 9.17) is 9.15 Å². The molecule has 0 bridgehead atoms. The Balaban J connectivity index is 2.73. The number of hydrogen-bond donors (Lipinski definition) is 0. The fourth-order valence-electron chi connectivity index (χ4n) is 0.692. The molecule has 1 rings (SSSR count). The molecule has 3 nitrogen and oxygen atoms in total.